The van der Waals surface area contributed by atoms with Crippen molar-refractivity contribution in [1.29, 1.82) is 0 Å². The third kappa shape index (κ3) is 3.84. The molecule has 0 aliphatic heterocycles. The van der Waals surface area contributed by atoms with Gasteiger partial charge in [-0.25, -0.2) is 4.79 Å². The van der Waals surface area contributed by atoms with E-state index in [1.807, 2.05) is 12.1 Å². The fraction of sp³-hybridized carbons (Fsp3) is 0.529. The van der Waals surface area contributed by atoms with Gasteiger partial charge in [0.2, 0.25) is 0 Å². The van der Waals surface area contributed by atoms with E-state index in [0.717, 1.165) is 5.56 Å². The standard InChI is InChI=1S/C17H25NO3/c1-6-17(7-2,15(20)21)18-14(19)12-8-10-13(11-9-12)16(3,4)5/h8-11H,6-7H2,1-5H3,(H,18,19)(H,20,21). The molecule has 0 aromatic heterocycles. The van der Waals surface area contributed by atoms with Gasteiger partial charge in [-0.2, -0.15) is 0 Å². The molecular formula is C17H25NO3. The summed E-state index contributed by atoms with van der Waals surface area (Å²) in [6.45, 7) is 9.84. The molecule has 0 bridgehead atoms. The van der Waals surface area contributed by atoms with Crippen LogP contribution in [0.1, 0.15) is 63.4 Å². The van der Waals surface area contributed by atoms with Crippen molar-refractivity contribution < 1.29 is 14.7 Å². The van der Waals surface area contributed by atoms with Crippen molar-refractivity contribution in [2.45, 2.75) is 58.4 Å². The second-order valence-electron chi connectivity index (χ2n) is 6.38. The molecule has 1 aromatic carbocycles. The molecule has 0 saturated heterocycles. The van der Waals surface area contributed by atoms with Crippen LogP contribution in [0, 0.1) is 0 Å². The van der Waals surface area contributed by atoms with Crippen molar-refractivity contribution in [2.75, 3.05) is 0 Å². The number of carbonyl (C=O) groups excluding carboxylic acids is 1. The molecule has 0 fully saturated rings. The Morgan fingerprint density at radius 3 is 1.86 bits per heavy atom. The molecular weight excluding hydrogens is 266 g/mol. The predicted octanol–water partition coefficient (Wildman–Crippen LogP) is 3.36. The molecule has 0 atom stereocenters. The number of hydrogen-bond donors (Lipinski definition) is 2. The van der Waals surface area contributed by atoms with E-state index in [0.29, 0.717) is 18.4 Å². The maximum atomic E-state index is 12.3. The monoisotopic (exact) mass is 291 g/mol. The first kappa shape index (κ1) is 17.2. The molecule has 1 rings (SSSR count). The molecule has 21 heavy (non-hydrogen) atoms. The zero-order valence-corrected chi connectivity index (χ0v) is 13.5. The summed E-state index contributed by atoms with van der Waals surface area (Å²) in [4.78, 5) is 23.7. The molecule has 4 heteroatoms. The van der Waals surface area contributed by atoms with E-state index in [1.165, 1.54) is 0 Å². The lowest BCUT2D eigenvalue weighted by molar-refractivity contribution is -0.144. The molecule has 0 unspecified atom stereocenters. The van der Waals surface area contributed by atoms with Gasteiger partial charge in [-0.15, -0.1) is 0 Å². The van der Waals surface area contributed by atoms with Gasteiger partial charge in [-0.1, -0.05) is 46.8 Å². The Morgan fingerprint density at radius 2 is 1.52 bits per heavy atom. The Balaban J connectivity index is 2.96. The highest BCUT2D eigenvalue weighted by Gasteiger charge is 2.36. The predicted molar refractivity (Wildman–Crippen MR) is 83.6 cm³/mol. The fourth-order valence-corrected chi connectivity index (χ4v) is 2.19. The lowest BCUT2D eigenvalue weighted by Gasteiger charge is -2.28. The molecule has 1 aromatic rings. The Bertz CT molecular complexity index is 508. The fourth-order valence-electron chi connectivity index (χ4n) is 2.19. The first-order chi connectivity index (χ1) is 9.66. The van der Waals surface area contributed by atoms with Crippen molar-refractivity contribution in [3.63, 3.8) is 0 Å². The molecule has 2 N–H and O–H groups in total. The van der Waals surface area contributed by atoms with Crippen LogP contribution in [0.25, 0.3) is 0 Å². The van der Waals surface area contributed by atoms with Crippen molar-refractivity contribution in [1.82, 2.24) is 5.32 Å². The molecule has 1 amide bonds. The van der Waals surface area contributed by atoms with Crippen LogP contribution in [0.15, 0.2) is 24.3 Å². The molecule has 0 aliphatic carbocycles. The van der Waals surface area contributed by atoms with Crippen LogP contribution in [0.4, 0.5) is 0 Å². The van der Waals surface area contributed by atoms with Crippen LogP contribution in [0.2, 0.25) is 0 Å². The summed E-state index contributed by atoms with van der Waals surface area (Å²) in [6, 6.07) is 7.31. The number of carbonyl (C=O) groups is 2. The summed E-state index contributed by atoms with van der Waals surface area (Å²) in [5.74, 6) is -1.34. The van der Waals surface area contributed by atoms with E-state index >= 15 is 0 Å². The lowest BCUT2D eigenvalue weighted by Crippen LogP contribution is -2.53. The Morgan fingerprint density at radius 1 is 1.05 bits per heavy atom. The highest BCUT2D eigenvalue weighted by Crippen LogP contribution is 2.23. The average molecular weight is 291 g/mol. The number of benzene rings is 1. The van der Waals surface area contributed by atoms with E-state index in [9.17, 15) is 14.7 Å². The number of rotatable bonds is 5. The Labute approximate surface area is 126 Å². The third-order valence-electron chi connectivity index (χ3n) is 3.98. The van der Waals surface area contributed by atoms with Crippen LogP contribution in [-0.2, 0) is 10.2 Å². The van der Waals surface area contributed by atoms with Crippen molar-refractivity contribution in [3.8, 4) is 0 Å². The van der Waals surface area contributed by atoms with Crippen molar-refractivity contribution >= 4 is 11.9 Å². The van der Waals surface area contributed by atoms with Gasteiger partial charge in [0.25, 0.3) is 5.91 Å². The SMILES string of the molecule is CCC(CC)(NC(=O)c1ccc(C(C)(C)C)cc1)C(=O)O. The van der Waals surface area contributed by atoms with Crippen molar-refractivity contribution in [3.05, 3.63) is 35.4 Å². The largest absolute Gasteiger partial charge is 0.480 e. The van der Waals surface area contributed by atoms with Gasteiger partial charge >= 0.3 is 5.97 Å². The number of aliphatic carboxylic acids is 1. The molecule has 0 radical (unpaired) electrons. The molecule has 0 spiro atoms. The maximum Gasteiger partial charge on any atom is 0.329 e. The normalized spacial score (nSPS) is 12.0. The first-order valence-corrected chi connectivity index (χ1v) is 7.32. The van der Waals surface area contributed by atoms with Gasteiger partial charge in [0.05, 0.1) is 0 Å². The summed E-state index contributed by atoms with van der Waals surface area (Å²) in [6.07, 6.45) is 0.704. The van der Waals surface area contributed by atoms with Crippen molar-refractivity contribution in [2.24, 2.45) is 0 Å². The second kappa shape index (κ2) is 6.29. The summed E-state index contributed by atoms with van der Waals surface area (Å²) < 4.78 is 0. The summed E-state index contributed by atoms with van der Waals surface area (Å²) in [7, 11) is 0. The van der Waals surface area contributed by atoms with E-state index in [-0.39, 0.29) is 11.3 Å². The Hall–Kier alpha value is -1.84. The summed E-state index contributed by atoms with van der Waals surface area (Å²) in [5, 5.41) is 12.0. The molecule has 0 aliphatic rings. The van der Waals surface area contributed by atoms with E-state index < -0.39 is 11.5 Å². The summed E-state index contributed by atoms with van der Waals surface area (Å²) in [5.41, 5.74) is 0.442. The minimum absolute atomic E-state index is 0.0205. The van der Waals surface area contributed by atoms with Gasteiger partial charge in [-0.05, 0) is 36.0 Å². The Kier molecular flexibility index (Phi) is 5.15. The zero-order valence-electron chi connectivity index (χ0n) is 13.5. The number of hydrogen-bond acceptors (Lipinski definition) is 2. The van der Waals surface area contributed by atoms with Crippen LogP contribution in [-0.4, -0.2) is 22.5 Å². The van der Waals surface area contributed by atoms with E-state index in [4.69, 9.17) is 0 Å². The van der Waals surface area contributed by atoms with Gasteiger partial charge in [0.1, 0.15) is 5.54 Å². The topological polar surface area (TPSA) is 66.4 Å². The second-order valence-corrected chi connectivity index (χ2v) is 6.38. The third-order valence-corrected chi connectivity index (χ3v) is 3.98. The molecule has 0 heterocycles. The van der Waals surface area contributed by atoms with Crippen LogP contribution < -0.4 is 5.32 Å². The minimum Gasteiger partial charge on any atom is -0.480 e. The highest BCUT2D eigenvalue weighted by atomic mass is 16.4. The minimum atomic E-state index is -1.19. The quantitative estimate of drug-likeness (QED) is 0.874. The number of amides is 1. The zero-order chi connectivity index (χ0) is 16.3. The van der Waals surface area contributed by atoms with Crippen LogP contribution in [0.5, 0.6) is 0 Å². The molecule has 0 saturated carbocycles. The van der Waals surface area contributed by atoms with Gasteiger partial charge in [0.15, 0.2) is 0 Å². The molecule has 116 valence electrons. The van der Waals surface area contributed by atoms with Gasteiger partial charge in [0, 0.05) is 5.56 Å². The van der Waals surface area contributed by atoms with Crippen LogP contribution >= 0.6 is 0 Å². The number of nitrogens with one attached hydrogen (secondary N) is 1. The van der Waals surface area contributed by atoms with E-state index in [2.05, 4.69) is 26.1 Å². The highest BCUT2D eigenvalue weighted by molar-refractivity contribution is 5.97. The lowest BCUT2D eigenvalue weighted by atomic mass is 9.86. The summed E-state index contributed by atoms with van der Waals surface area (Å²) >= 11 is 0. The molecule has 4 nitrogen and oxygen atoms in total. The number of carboxylic acid groups (broad SMARTS) is 1. The van der Waals surface area contributed by atoms with Gasteiger partial charge < -0.3 is 10.4 Å². The maximum absolute atomic E-state index is 12.3. The smallest absolute Gasteiger partial charge is 0.329 e. The van der Waals surface area contributed by atoms with Crippen LogP contribution in [0.3, 0.4) is 0 Å². The van der Waals surface area contributed by atoms with Gasteiger partial charge in [-0.3, -0.25) is 4.79 Å². The first-order valence-electron chi connectivity index (χ1n) is 7.32. The van der Waals surface area contributed by atoms with E-state index in [1.54, 1.807) is 26.0 Å². The number of carboxylic acids is 1. The average Bonchev–Trinajstić information content (AvgIpc) is 2.43.